The molecule has 0 fully saturated rings. The quantitative estimate of drug-likeness (QED) is 0.860. The van der Waals surface area contributed by atoms with Gasteiger partial charge in [0.2, 0.25) is 0 Å². The third-order valence-corrected chi connectivity index (χ3v) is 3.69. The Morgan fingerprint density at radius 2 is 2.17 bits per heavy atom. The van der Waals surface area contributed by atoms with Crippen LogP contribution >= 0.6 is 0 Å². The fourth-order valence-electron chi connectivity index (χ4n) is 2.41. The fraction of sp³-hybridized carbons (Fsp3) is 0.600. The fourth-order valence-corrected chi connectivity index (χ4v) is 2.41. The predicted octanol–water partition coefficient (Wildman–Crippen LogP) is 2.39. The highest BCUT2D eigenvalue weighted by Gasteiger charge is 2.21. The van der Waals surface area contributed by atoms with Crippen molar-refractivity contribution < 1.29 is 4.74 Å². The average molecular weight is 248 g/mol. The molecule has 0 spiro atoms. The molecule has 0 saturated heterocycles. The summed E-state index contributed by atoms with van der Waals surface area (Å²) in [5.41, 5.74) is 14.6. The van der Waals surface area contributed by atoms with Crippen LogP contribution in [0.3, 0.4) is 0 Å². The van der Waals surface area contributed by atoms with Crippen molar-refractivity contribution in [1.82, 2.24) is 0 Å². The van der Waals surface area contributed by atoms with Crippen molar-refractivity contribution in [1.29, 1.82) is 0 Å². The van der Waals surface area contributed by atoms with Crippen LogP contribution in [0.2, 0.25) is 0 Å². The molecule has 0 bridgehead atoms. The molecule has 1 aliphatic heterocycles. The highest BCUT2D eigenvalue weighted by atomic mass is 16.5. The van der Waals surface area contributed by atoms with Crippen LogP contribution in [0.5, 0.6) is 5.75 Å². The second-order valence-corrected chi connectivity index (χ2v) is 6.00. The molecule has 18 heavy (non-hydrogen) atoms. The van der Waals surface area contributed by atoms with Crippen LogP contribution in [-0.4, -0.2) is 13.2 Å². The lowest BCUT2D eigenvalue weighted by atomic mass is 9.83. The van der Waals surface area contributed by atoms with E-state index in [1.165, 1.54) is 11.1 Å². The lowest BCUT2D eigenvalue weighted by Gasteiger charge is -2.27. The number of benzene rings is 1. The zero-order chi connectivity index (χ0) is 13.2. The molecule has 1 atom stereocenters. The third-order valence-electron chi connectivity index (χ3n) is 3.69. The van der Waals surface area contributed by atoms with Gasteiger partial charge in [0.05, 0.1) is 6.61 Å². The Kier molecular flexibility index (Phi) is 3.93. The maximum Gasteiger partial charge on any atom is 0.122 e. The predicted molar refractivity (Wildman–Crippen MR) is 74.6 cm³/mol. The molecule has 4 N–H and O–H groups in total. The highest BCUT2D eigenvalue weighted by Crippen LogP contribution is 2.31. The molecule has 3 heteroatoms. The van der Waals surface area contributed by atoms with Gasteiger partial charge in [-0.1, -0.05) is 26.0 Å². The van der Waals surface area contributed by atoms with Crippen LogP contribution < -0.4 is 16.2 Å². The van der Waals surface area contributed by atoms with E-state index in [2.05, 4.69) is 32.0 Å². The average Bonchev–Trinajstić information content (AvgIpc) is 2.37. The Labute approximate surface area is 110 Å². The summed E-state index contributed by atoms with van der Waals surface area (Å²) in [6, 6.07) is 6.39. The first-order valence-corrected chi connectivity index (χ1v) is 6.73. The Morgan fingerprint density at radius 3 is 2.89 bits per heavy atom. The van der Waals surface area contributed by atoms with Crippen LogP contribution in [-0.2, 0) is 6.42 Å². The summed E-state index contributed by atoms with van der Waals surface area (Å²) < 4.78 is 5.62. The molecule has 2 rings (SSSR count). The standard InChI is InChI=1S/C15H24N2O/c1-15(2,10-16)9-13(17)11-5-6-14-12(8-11)4-3-7-18-14/h5-6,8,13H,3-4,7,9-10,16-17H2,1-2H3. The minimum atomic E-state index is 0.0516. The first kappa shape index (κ1) is 13.4. The van der Waals surface area contributed by atoms with Gasteiger partial charge < -0.3 is 16.2 Å². The number of aryl methyl sites for hydroxylation is 1. The van der Waals surface area contributed by atoms with Gasteiger partial charge in [0.1, 0.15) is 5.75 Å². The molecule has 3 nitrogen and oxygen atoms in total. The number of ether oxygens (including phenoxy) is 1. The van der Waals surface area contributed by atoms with E-state index in [0.717, 1.165) is 31.6 Å². The van der Waals surface area contributed by atoms with Crippen molar-refractivity contribution in [2.45, 2.75) is 39.2 Å². The minimum absolute atomic E-state index is 0.0516. The molecular weight excluding hydrogens is 224 g/mol. The molecule has 0 amide bonds. The zero-order valence-corrected chi connectivity index (χ0v) is 11.4. The summed E-state index contributed by atoms with van der Waals surface area (Å²) in [5, 5.41) is 0. The number of nitrogens with two attached hydrogens (primary N) is 2. The third kappa shape index (κ3) is 3.03. The smallest absolute Gasteiger partial charge is 0.122 e. The van der Waals surface area contributed by atoms with Crippen LogP contribution in [0.4, 0.5) is 0 Å². The van der Waals surface area contributed by atoms with Gasteiger partial charge in [-0.15, -0.1) is 0 Å². The summed E-state index contributed by atoms with van der Waals surface area (Å²) >= 11 is 0. The van der Waals surface area contributed by atoms with E-state index < -0.39 is 0 Å². The second-order valence-electron chi connectivity index (χ2n) is 6.00. The van der Waals surface area contributed by atoms with Crippen LogP contribution in [0.25, 0.3) is 0 Å². The van der Waals surface area contributed by atoms with Gasteiger partial charge in [-0.05, 0) is 48.4 Å². The van der Waals surface area contributed by atoms with Crippen molar-refractivity contribution in [2.24, 2.45) is 16.9 Å². The monoisotopic (exact) mass is 248 g/mol. The van der Waals surface area contributed by atoms with Gasteiger partial charge in [-0.25, -0.2) is 0 Å². The number of fused-ring (bicyclic) bond motifs is 1. The van der Waals surface area contributed by atoms with Crippen LogP contribution in [0.15, 0.2) is 18.2 Å². The number of rotatable bonds is 4. The molecule has 1 aliphatic rings. The molecular formula is C15H24N2O. The molecule has 0 aliphatic carbocycles. The van der Waals surface area contributed by atoms with E-state index in [1.807, 2.05) is 0 Å². The van der Waals surface area contributed by atoms with Gasteiger partial charge in [0, 0.05) is 6.04 Å². The van der Waals surface area contributed by atoms with Crippen molar-refractivity contribution in [3.63, 3.8) is 0 Å². The lowest BCUT2D eigenvalue weighted by molar-refractivity contribution is 0.287. The second kappa shape index (κ2) is 5.29. The van der Waals surface area contributed by atoms with E-state index in [1.54, 1.807) is 0 Å². The van der Waals surface area contributed by atoms with Crippen molar-refractivity contribution in [3.8, 4) is 5.75 Å². The molecule has 0 radical (unpaired) electrons. The molecule has 1 heterocycles. The molecule has 1 aromatic rings. The summed E-state index contributed by atoms with van der Waals surface area (Å²) in [5.74, 6) is 1.02. The first-order chi connectivity index (χ1) is 8.52. The van der Waals surface area contributed by atoms with Crippen molar-refractivity contribution in [3.05, 3.63) is 29.3 Å². The van der Waals surface area contributed by atoms with E-state index in [9.17, 15) is 0 Å². The Hall–Kier alpha value is -1.06. The topological polar surface area (TPSA) is 61.3 Å². The van der Waals surface area contributed by atoms with Gasteiger partial charge >= 0.3 is 0 Å². The number of hydrogen-bond donors (Lipinski definition) is 2. The van der Waals surface area contributed by atoms with Gasteiger partial charge in [-0.3, -0.25) is 0 Å². The summed E-state index contributed by atoms with van der Waals surface area (Å²) in [6.07, 6.45) is 3.10. The number of hydrogen-bond acceptors (Lipinski definition) is 3. The van der Waals surface area contributed by atoms with E-state index >= 15 is 0 Å². The SMILES string of the molecule is CC(C)(CN)CC(N)c1ccc2c(c1)CCCO2. The molecule has 1 unspecified atom stereocenters. The summed E-state index contributed by atoms with van der Waals surface area (Å²) in [4.78, 5) is 0. The Balaban J connectivity index is 2.13. The zero-order valence-electron chi connectivity index (χ0n) is 11.4. The molecule has 100 valence electrons. The van der Waals surface area contributed by atoms with Crippen LogP contribution in [0.1, 0.15) is 43.9 Å². The minimum Gasteiger partial charge on any atom is -0.493 e. The van der Waals surface area contributed by atoms with E-state index in [-0.39, 0.29) is 11.5 Å². The maximum absolute atomic E-state index is 6.29. The highest BCUT2D eigenvalue weighted by molar-refractivity contribution is 5.39. The van der Waals surface area contributed by atoms with Crippen molar-refractivity contribution in [2.75, 3.05) is 13.2 Å². The lowest BCUT2D eigenvalue weighted by Crippen LogP contribution is -2.28. The van der Waals surface area contributed by atoms with E-state index in [4.69, 9.17) is 16.2 Å². The van der Waals surface area contributed by atoms with Crippen molar-refractivity contribution >= 4 is 0 Å². The molecule has 0 saturated carbocycles. The molecule has 1 aromatic carbocycles. The first-order valence-electron chi connectivity index (χ1n) is 6.73. The largest absolute Gasteiger partial charge is 0.493 e. The summed E-state index contributed by atoms with van der Waals surface area (Å²) in [7, 11) is 0. The van der Waals surface area contributed by atoms with Crippen LogP contribution in [0, 0.1) is 5.41 Å². The van der Waals surface area contributed by atoms with Gasteiger partial charge in [0.15, 0.2) is 0 Å². The van der Waals surface area contributed by atoms with Gasteiger partial charge in [-0.2, -0.15) is 0 Å². The normalized spacial score (nSPS) is 16.9. The Bertz CT molecular complexity index is 415. The van der Waals surface area contributed by atoms with Gasteiger partial charge in [0.25, 0.3) is 0 Å². The van der Waals surface area contributed by atoms with E-state index in [0.29, 0.717) is 6.54 Å². The Morgan fingerprint density at radius 1 is 1.39 bits per heavy atom. The molecule has 0 aromatic heterocycles. The summed E-state index contributed by atoms with van der Waals surface area (Å²) in [6.45, 7) is 5.82. The maximum atomic E-state index is 6.29.